The van der Waals surface area contributed by atoms with Gasteiger partial charge in [0.15, 0.2) is 15.0 Å². The number of nitrogens with zero attached hydrogens (tertiary/aromatic N) is 2. The predicted octanol–water partition coefficient (Wildman–Crippen LogP) is 5.33. The molecular weight excluding hydrogens is 480 g/mol. The summed E-state index contributed by atoms with van der Waals surface area (Å²) in [4.78, 5) is 19.9. The van der Waals surface area contributed by atoms with Crippen LogP contribution in [0.1, 0.15) is 36.8 Å². The second-order valence-corrected chi connectivity index (χ2v) is 12.0. The zero-order valence-corrected chi connectivity index (χ0v) is 21.1. The normalized spacial score (nSPS) is 16.4. The number of benzene rings is 2. The van der Waals surface area contributed by atoms with E-state index >= 15 is 0 Å². The highest BCUT2D eigenvalue weighted by Crippen LogP contribution is 2.32. The molecule has 0 N–H and O–H groups in total. The summed E-state index contributed by atoms with van der Waals surface area (Å²) in [6.07, 6.45) is 2.20. The molecule has 1 amide bonds. The summed E-state index contributed by atoms with van der Waals surface area (Å²) in [5.41, 5.74) is 3.21. The van der Waals surface area contributed by atoms with E-state index in [2.05, 4.69) is 13.0 Å². The molecule has 1 atom stereocenters. The monoisotopic (exact) mass is 506 g/mol. The lowest BCUT2D eigenvalue weighted by atomic mass is 10.1. The molecule has 0 saturated carbocycles. The SMILES string of the molecule is Cc1cc2nc(N(CC3CCCO3)C(=O)CCCS(=O)(=O)c3ccc(Cl)cc3)sc2cc1C. The van der Waals surface area contributed by atoms with Gasteiger partial charge in [-0.1, -0.05) is 22.9 Å². The maximum atomic E-state index is 13.2. The highest BCUT2D eigenvalue weighted by atomic mass is 35.5. The number of hydrogen-bond acceptors (Lipinski definition) is 6. The molecule has 0 radical (unpaired) electrons. The fourth-order valence-corrected chi connectivity index (χ4v) is 6.38. The molecule has 2 aromatic carbocycles. The van der Waals surface area contributed by atoms with Crippen molar-refractivity contribution in [3.05, 3.63) is 52.5 Å². The van der Waals surface area contributed by atoms with E-state index in [-0.39, 0.29) is 35.5 Å². The topological polar surface area (TPSA) is 76.6 Å². The van der Waals surface area contributed by atoms with Crippen molar-refractivity contribution >= 4 is 54.0 Å². The molecule has 9 heteroatoms. The Hall–Kier alpha value is -2.00. The average Bonchev–Trinajstić information content (AvgIpc) is 3.42. The Kier molecular flexibility index (Phi) is 7.38. The molecule has 0 bridgehead atoms. The molecule has 1 unspecified atom stereocenters. The van der Waals surface area contributed by atoms with Crippen LogP contribution in [0.3, 0.4) is 0 Å². The lowest BCUT2D eigenvalue weighted by Crippen LogP contribution is -2.37. The first-order valence-electron chi connectivity index (χ1n) is 11.0. The van der Waals surface area contributed by atoms with Crippen LogP contribution in [-0.4, -0.2) is 44.3 Å². The van der Waals surface area contributed by atoms with E-state index in [1.165, 1.54) is 29.0 Å². The van der Waals surface area contributed by atoms with Gasteiger partial charge in [0.05, 0.1) is 33.5 Å². The first kappa shape index (κ1) is 24.1. The number of carbonyl (C=O) groups is 1. The Morgan fingerprint density at radius 2 is 1.94 bits per heavy atom. The van der Waals surface area contributed by atoms with Crippen LogP contribution in [0.4, 0.5) is 5.13 Å². The molecule has 3 aromatic rings. The molecule has 2 heterocycles. The molecule has 0 aliphatic carbocycles. The number of amides is 1. The zero-order chi connectivity index (χ0) is 23.6. The molecule has 4 rings (SSSR count). The van der Waals surface area contributed by atoms with Crippen molar-refractivity contribution in [2.75, 3.05) is 23.8 Å². The first-order chi connectivity index (χ1) is 15.7. The minimum absolute atomic E-state index is 0.0257. The number of thiazole rings is 1. The van der Waals surface area contributed by atoms with Gasteiger partial charge in [0, 0.05) is 18.1 Å². The molecule has 1 aliphatic heterocycles. The lowest BCUT2D eigenvalue weighted by molar-refractivity contribution is -0.119. The Balaban J connectivity index is 1.49. The summed E-state index contributed by atoms with van der Waals surface area (Å²) < 4.78 is 32.1. The number of aromatic nitrogens is 1. The quantitative estimate of drug-likeness (QED) is 0.412. The largest absolute Gasteiger partial charge is 0.376 e. The van der Waals surface area contributed by atoms with Crippen LogP contribution >= 0.6 is 22.9 Å². The van der Waals surface area contributed by atoms with Gasteiger partial charge in [0.1, 0.15) is 0 Å². The number of rotatable bonds is 8. The van der Waals surface area contributed by atoms with E-state index in [0.29, 0.717) is 23.3 Å². The third kappa shape index (κ3) is 5.74. The molecule has 0 spiro atoms. The van der Waals surface area contributed by atoms with Crippen molar-refractivity contribution in [1.82, 2.24) is 4.98 Å². The highest BCUT2D eigenvalue weighted by Gasteiger charge is 2.26. The van der Waals surface area contributed by atoms with E-state index in [4.69, 9.17) is 21.3 Å². The van der Waals surface area contributed by atoms with Crippen molar-refractivity contribution in [2.24, 2.45) is 0 Å². The summed E-state index contributed by atoms with van der Waals surface area (Å²) >= 11 is 7.34. The van der Waals surface area contributed by atoms with E-state index in [1.807, 2.05) is 13.0 Å². The molecule has 176 valence electrons. The van der Waals surface area contributed by atoms with Crippen LogP contribution in [0.15, 0.2) is 41.3 Å². The first-order valence-corrected chi connectivity index (χ1v) is 13.9. The van der Waals surface area contributed by atoms with Gasteiger partial charge in [-0.05, 0) is 80.6 Å². The van der Waals surface area contributed by atoms with Crippen LogP contribution in [0.2, 0.25) is 5.02 Å². The number of anilines is 1. The Bertz CT molecular complexity index is 1210. The fourth-order valence-electron chi connectivity index (χ4n) is 3.87. The molecule has 33 heavy (non-hydrogen) atoms. The second kappa shape index (κ2) is 10.1. The van der Waals surface area contributed by atoms with Gasteiger partial charge in [0.2, 0.25) is 5.91 Å². The van der Waals surface area contributed by atoms with Crippen molar-refractivity contribution in [3.8, 4) is 0 Å². The van der Waals surface area contributed by atoms with Gasteiger partial charge >= 0.3 is 0 Å². The van der Waals surface area contributed by atoms with Crippen LogP contribution < -0.4 is 4.90 Å². The number of ether oxygens (including phenoxy) is 1. The Morgan fingerprint density at radius 3 is 2.64 bits per heavy atom. The van der Waals surface area contributed by atoms with Crippen LogP contribution in [0, 0.1) is 13.8 Å². The van der Waals surface area contributed by atoms with Crippen molar-refractivity contribution < 1.29 is 17.9 Å². The fraction of sp³-hybridized carbons (Fsp3) is 0.417. The van der Waals surface area contributed by atoms with Crippen molar-refractivity contribution in [2.45, 2.75) is 50.5 Å². The van der Waals surface area contributed by atoms with Crippen molar-refractivity contribution in [1.29, 1.82) is 0 Å². The van der Waals surface area contributed by atoms with Gasteiger partial charge in [-0.2, -0.15) is 0 Å². The smallest absolute Gasteiger partial charge is 0.228 e. The predicted molar refractivity (Wildman–Crippen MR) is 133 cm³/mol. The molecule has 1 aromatic heterocycles. The van der Waals surface area contributed by atoms with Gasteiger partial charge in [0.25, 0.3) is 0 Å². The third-order valence-corrected chi connectivity index (χ3v) is 9.02. The molecule has 1 saturated heterocycles. The zero-order valence-electron chi connectivity index (χ0n) is 18.7. The van der Waals surface area contributed by atoms with Crippen LogP contribution in [-0.2, 0) is 19.4 Å². The molecule has 6 nitrogen and oxygen atoms in total. The molecule has 1 fully saturated rings. The summed E-state index contributed by atoms with van der Waals surface area (Å²) in [5.74, 6) is -0.240. The Morgan fingerprint density at radius 1 is 1.21 bits per heavy atom. The van der Waals surface area contributed by atoms with Crippen LogP contribution in [0.25, 0.3) is 10.2 Å². The minimum atomic E-state index is -3.48. The standard InChI is InChI=1S/C24H27ClN2O4S2/c1-16-13-21-22(14-17(16)2)32-24(26-21)27(15-19-5-3-11-31-19)23(28)6-4-12-33(29,30)20-9-7-18(25)8-10-20/h7-10,13-14,19H,3-6,11-12,15H2,1-2H3. The maximum absolute atomic E-state index is 13.2. The van der Waals surface area contributed by atoms with Crippen LogP contribution in [0.5, 0.6) is 0 Å². The third-order valence-electron chi connectivity index (χ3n) is 5.91. The second-order valence-electron chi connectivity index (χ2n) is 8.42. The van der Waals surface area contributed by atoms with E-state index in [0.717, 1.165) is 28.6 Å². The molecule has 1 aliphatic rings. The molecular formula is C24H27ClN2O4S2. The summed E-state index contributed by atoms with van der Waals surface area (Å²) in [6, 6.07) is 10.2. The number of hydrogen-bond donors (Lipinski definition) is 0. The van der Waals surface area contributed by atoms with Gasteiger partial charge < -0.3 is 4.74 Å². The Labute approximate surface area is 203 Å². The average molecular weight is 507 g/mol. The number of sulfone groups is 1. The highest BCUT2D eigenvalue weighted by molar-refractivity contribution is 7.91. The number of aryl methyl sites for hydroxylation is 2. The number of halogens is 1. The summed E-state index contributed by atoms with van der Waals surface area (Å²) in [6.45, 7) is 5.24. The summed E-state index contributed by atoms with van der Waals surface area (Å²) in [7, 11) is -3.48. The maximum Gasteiger partial charge on any atom is 0.228 e. The van der Waals surface area contributed by atoms with E-state index in [1.54, 1.807) is 17.0 Å². The van der Waals surface area contributed by atoms with Gasteiger partial charge in [-0.3, -0.25) is 9.69 Å². The number of fused-ring (bicyclic) bond motifs is 1. The van der Waals surface area contributed by atoms with Gasteiger partial charge in [-0.15, -0.1) is 0 Å². The minimum Gasteiger partial charge on any atom is -0.376 e. The van der Waals surface area contributed by atoms with E-state index in [9.17, 15) is 13.2 Å². The number of carbonyl (C=O) groups excluding carboxylic acids is 1. The summed E-state index contributed by atoms with van der Waals surface area (Å²) in [5, 5.41) is 1.12. The van der Waals surface area contributed by atoms with Gasteiger partial charge in [-0.25, -0.2) is 13.4 Å². The van der Waals surface area contributed by atoms with E-state index < -0.39 is 9.84 Å². The van der Waals surface area contributed by atoms with Crippen molar-refractivity contribution in [3.63, 3.8) is 0 Å². The lowest BCUT2D eigenvalue weighted by Gasteiger charge is -2.23.